The molecule has 0 N–H and O–H groups in total. The van der Waals surface area contributed by atoms with Crippen molar-refractivity contribution in [3.63, 3.8) is 0 Å². The second-order valence-corrected chi connectivity index (χ2v) is 5.87. The molecule has 15 heavy (non-hydrogen) atoms. The summed E-state index contributed by atoms with van der Waals surface area (Å²) >= 11 is 0. The molecule has 0 bridgehead atoms. The quantitative estimate of drug-likeness (QED) is 0.680. The molecule has 1 atom stereocenters. The molecule has 0 aromatic rings. The van der Waals surface area contributed by atoms with Gasteiger partial charge in [0, 0.05) is 0 Å². The van der Waals surface area contributed by atoms with E-state index in [1.54, 1.807) is 0 Å². The van der Waals surface area contributed by atoms with Gasteiger partial charge >= 0.3 is 5.97 Å². The minimum absolute atomic E-state index is 0.141. The van der Waals surface area contributed by atoms with Gasteiger partial charge in [0.05, 0.1) is 25.2 Å². The Hall–Kier alpha value is -0.570. The molecule has 0 aromatic carbocycles. The van der Waals surface area contributed by atoms with Crippen molar-refractivity contribution in [2.75, 3.05) is 13.7 Å². The standard InChI is InChI=1S/C12H24O3/c1-11(2,3)9(10(13)14-7)8-15-12(4,5)6/h9H,8H2,1-7H3. The van der Waals surface area contributed by atoms with E-state index in [9.17, 15) is 4.79 Å². The Labute approximate surface area is 93.1 Å². The van der Waals surface area contributed by atoms with E-state index < -0.39 is 0 Å². The summed E-state index contributed by atoms with van der Waals surface area (Å²) in [6.45, 7) is 12.4. The number of rotatable bonds is 3. The first-order valence-electron chi connectivity index (χ1n) is 5.29. The second kappa shape index (κ2) is 4.97. The molecule has 0 saturated carbocycles. The summed E-state index contributed by atoms with van der Waals surface area (Å²) in [4.78, 5) is 11.6. The molecular formula is C12H24O3. The van der Waals surface area contributed by atoms with E-state index in [4.69, 9.17) is 9.47 Å². The van der Waals surface area contributed by atoms with Gasteiger partial charge in [-0.05, 0) is 26.2 Å². The number of esters is 1. The van der Waals surface area contributed by atoms with Crippen LogP contribution >= 0.6 is 0 Å². The van der Waals surface area contributed by atoms with E-state index in [1.165, 1.54) is 7.11 Å². The molecule has 0 amide bonds. The predicted molar refractivity (Wildman–Crippen MR) is 60.7 cm³/mol. The Bertz CT molecular complexity index is 208. The van der Waals surface area contributed by atoms with Crippen LogP contribution in [-0.4, -0.2) is 25.3 Å². The Morgan fingerprint density at radius 2 is 1.60 bits per heavy atom. The van der Waals surface area contributed by atoms with Crippen molar-refractivity contribution in [2.45, 2.75) is 47.1 Å². The number of carbonyl (C=O) groups is 1. The first-order valence-corrected chi connectivity index (χ1v) is 5.29. The lowest BCUT2D eigenvalue weighted by molar-refractivity contribution is -0.155. The molecule has 0 aliphatic heterocycles. The fourth-order valence-electron chi connectivity index (χ4n) is 1.15. The highest BCUT2D eigenvalue weighted by molar-refractivity contribution is 5.73. The molecule has 3 nitrogen and oxygen atoms in total. The predicted octanol–water partition coefficient (Wildman–Crippen LogP) is 2.64. The van der Waals surface area contributed by atoms with Crippen LogP contribution in [0.3, 0.4) is 0 Å². The van der Waals surface area contributed by atoms with Crippen LogP contribution in [0.4, 0.5) is 0 Å². The fourth-order valence-corrected chi connectivity index (χ4v) is 1.15. The van der Waals surface area contributed by atoms with Crippen LogP contribution in [0, 0.1) is 11.3 Å². The van der Waals surface area contributed by atoms with Gasteiger partial charge in [0.2, 0.25) is 0 Å². The Balaban J connectivity index is 4.48. The molecule has 0 saturated heterocycles. The molecule has 1 unspecified atom stereocenters. The molecule has 0 rings (SSSR count). The monoisotopic (exact) mass is 216 g/mol. The van der Waals surface area contributed by atoms with Gasteiger partial charge in [-0.2, -0.15) is 0 Å². The summed E-state index contributed by atoms with van der Waals surface area (Å²) in [7, 11) is 1.41. The van der Waals surface area contributed by atoms with Crippen molar-refractivity contribution in [3.8, 4) is 0 Å². The van der Waals surface area contributed by atoms with Crippen LogP contribution < -0.4 is 0 Å². The van der Waals surface area contributed by atoms with Crippen molar-refractivity contribution >= 4 is 5.97 Å². The van der Waals surface area contributed by atoms with E-state index >= 15 is 0 Å². The third-order valence-corrected chi connectivity index (χ3v) is 2.21. The first kappa shape index (κ1) is 14.4. The summed E-state index contributed by atoms with van der Waals surface area (Å²) in [5.74, 6) is -0.423. The van der Waals surface area contributed by atoms with Gasteiger partial charge in [0.15, 0.2) is 0 Å². The number of ether oxygens (including phenoxy) is 2. The highest BCUT2D eigenvalue weighted by atomic mass is 16.5. The van der Waals surface area contributed by atoms with Crippen molar-refractivity contribution in [2.24, 2.45) is 11.3 Å². The highest BCUT2D eigenvalue weighted by Crippen LogP contribution is 2.28. The average molecular weight is 216 g/mol. The average Bonchev–Trinajstić information content (AvgIpc) is 1.99. The molecule has 3 heteroatoms. The summed E-state index contributed by atoms with van der Waals surface area (Å²) in [5.41, 5.74) is -0.365. The largest absolute Gasteiger partial charge is 0.469 e. The lowest BCUT2D eigenvalue weighted by Gasteiger charge is -2.31. The topological polar surface area (TPSA) is 35.5 Å². The van der Waals surface area contributed by atoms with E-state index in [0.717, 1.165) is 0 Å². The number of methoxy groups -OCH3 is 1. The van der Waals surface area contributed by atoms with Crippen LogP contribution in [0.15, 0.2) is 0 Å². The van der Waals surface area contributed by atoms with Crippen LogP contribution in [0.2, 0.25) is 0 Å². The van der Waals surface area contributed by atoms with Gasteiger partial charge in [-0.1, -0.05) is 20.8 Å². The molecule has 0 radical (unpaired) electrons. The van der Waals surface area contributed by atoms with Crippen LogP contribution in [-0.2, 0) is 14.3 Å². The second-order valence-electron chi connectivity index (χ2n) is 5.87. The maximum Gasteiger partial charge on any atom is 0.311 e. The lowest BCUT2D eigenvalue weighted by atomic mass is 9.81. The Morgan fingerprint density at radius 1 is 1.13 bits per heavy atom. The molecule has 0 aromatic heterocycles. The zero-order valence-electron chi connectivity index (χ0n) is 11.0. The van der Waals surface area contributed by atoms with E-state index in [0.29, 0.717) is 6.61 Å². The summed E-state index contributed by atoms with van der Waals surface area (Å²) < 4.78 is 10.4. The summed E-state index contributed by atoms with van der Waals surface area (Å²) in [5, 5.41) is 0. The van der Waals surface area contributed by atoms with Crippen molar-refractivity contribution in [1.29, 1.82) is 0 Å². The number of hydrogen-bond donors (Lipinski definition) is 0. The van der Waals surface area contributed by atoms with Gasteiger partial charge in [-0.15, -0.1) is 0 Å². The molecular weight excluding hydrogens is 192 g/mol. The van der Waals surface area contributed by atoms with Crippen LogP contribution in [0.1, 0.15) is 41.5 Å². The van der Waals surface area contributed by atoms with Crippen LogP contribution in [0.25, 0.3) is 0 Å². The Kier molecular flexibility index (Phi) is 4.78. The van der Waals surface area contributed by atoms with Crippen LogP contribution in [0.5, 0.6) is 0 Å². The van der Waals surface area contributed by atoms with Gasteiger partial charge < -0.3 is 9.47 Å². The number of carbonyl (C=O) groups excluding carboxylic acids is 1. The smallest absolute Gasteiger partial charge is 0.311 e. The minimum Gasteiger partial charge on any atom is -0.469 e. The highest BCUT2D eigenvalue weighted by Gasteiger charge is 2.33. The van der Waals surface area contributed by atoms with Gasteiger partial charge in [-0.25, -0.2) is 0 Å². The van der Waals surface area contributed by atoms with E-state index in [2.05, 4.69) is 0 Å². The maximum atomic E-state index is 11.6. The van der Waals surface area contributed by atoms with E-state index in [1.807, 2.05) is 41.5 Å². The molecule has 0 aliphatic rings. The molecule has 0 fully saturated rings. The SMILES string of the molecule is COC(=O)C(COC(C)(C)C)C(C)(C)C. The maximum absolute atomic E-state index is 11.6. The zero-order valence-corrected chi connectivity index (χ0v) is 11.0. The zero-order chi connectivity index (χ0) is 12.3. The summed E-state index contributed by atoms with van der Waals surface area (Å²) in [6.07, 6.45) is 0. The lowest BCUT2D eigenvalue weighted by Crippen LogP contribution is -2.36. The number of hydrogen-bond acceptors (Lipinski definition) is 3. The van der Waals surface area contributed by atoms with Crippen molar-refractivity contribution in [3.05, 3.63) is 0 Å². The molecule has 90 valence electrons. The minimum atomic E-state index is -0.225. The summed E-state index contributed by atoms with van der Waals surface area (Å²) in [6, 6.07) is 0. The van der Waals surface area contributed by atoms with Gasteiger partial charge in [0.1, 0.15) is 0 Å². The molecule has 0 aliphatic carbocycles. The third-order valence-electron chi connectivity index (χ3n) is 2.21. The van der Waals surface area contributed by atoms with Gasteiger partial charge in [-0.3, -0.25) is 4.79 Å². The van der Waals surface area contributed by atoms with Crippen molar-refractivity contribution < 1.29 is 14.3 Å². The Morgan fingerprint density at radius 3 is 1.87 bits per heavy atom. The van der Waals surface area contributed by atoms with Gasteiger partial charge in [0.25, 0.3) is 0 Å². The fraction of sp³-hybridized carbons (Fsp3) is 0.917. The molecule has 0 spiro atoms. The normalized spacial score (nSPS) is 14.9. The third kappa shape index (κ3) is 5.78. The van der Waals surface area contributed by atoms with Crippen molar-refractivity contribution in [1.82, 2.24) is 0 Å². The van der Waals surface area contributed by atoms with E-state index in [-0.39, 0.29) is 22.9 Å². The first-order chi connectivity index (χ1) is 6.58. The molecule has 0 heterocycles.